The van der Waals surface area contributed by atoms with Crippen LogP contribution in [0.3, 0.4) is 0 Å². The number of benzene rings is 2. The lowest BCUT2D eigenvalue weighted by molar-refractivity contribution is 0.112. The molecule has 0 N–H and O–H groups in total. The number of carbonyl (C=O) groups is 1. The number of carbonyl (C=O) groups excluding carboxylic acids is 1. The summed E-state index contributed by atoms with van der Waals surface area (Å²) in [5.41, 5.74) is 1.63. The SMILES string of the molecule is CN(CCOc1ccc(C=O)cc1)c1ncc(-c2ccccc2)o1. The van der Waals surface area contributed by atoms with Gasteiger partial charge >= 0.3 is 0 Å². The number of aromatic nitrogens is 1. The van der Waals surface area contributed by atoms with E-state index < -0.39 is 0 Å². The molecule has 1 aromatic heterocycles. The summed E-state index contributed by atoms with van der Waals surface area (Å²) in [6, 6.07) is 17.4. The highest BCUT2D eigenvalue weighted by molar-refractivity contribution is 5.74. The fourth-order valence-corrected chi connectivity index (χ4v) is 2.22. The Hall–Kier alpha value is -3.08. The number of nitrogens with zero attached hydrogens (tertiary/aromatic N) is 2. The number of anilines is 1. The smallest absolute Gasteiger partial charge is 0.297 e. The van der Waals surface area contributed by atoms with Gasteiger partial charge in [0.1, 0.15) is 18.6 Å². The Morgan fingerprint density at radius 3 is 2.58 bits per heavy atom. The van der Waals surface area contributed by atoms with Gasteiger partial charge in [-0.05, 0) is 24.3 Å². The van der Waals surface area contributed by atoms with E-state index in [4.69, 9.17) is 9.15 Å². The van der Waals surface area contributed by atoms with Crippen LogP contribution in [0.2, 0.25) is 0 Å². The van der Waals surface area contributed by atoms with E-state index in [1.54, 1.807) is 30.5 Å². The molecule has 0 amide bonds. The Bertz CT molecular complexity index is 782. The molecular formula is C19H18N2O3. The minimum Gasteiger partial charge on any atom is -0.492 e. The topological polar surface area (TPSA) is 55.6 Å². The van der Waals surface area contributed by atoms with Crippen LogP contribution in [0.4, 0.5) is 6.01 Å². The van der Waals surface area contributed by atoms with Crippen molar-refractivity contribution < 1.29 is 13.9 Å². The molecule has 2 aromatic carbocycles. The molecule has 0 aliphatic rings. The molecule has 3 rings (SSSR count). The first-order valence-electron chi connectivity index (χ1n) is 7.67. The van der Waals surface area contributed by atoms with E-state index in [1.807, 2.05) is 42.3 Å². The van der Waals surface area contributed by atoms with Crippen molar-refractivity contribution in [3.8, 4) is 17.1 Å². The van der Waals surface area contributed by atoms with Crippen LogP contribution >= 0.6 is 0 Å². The zero-order valence-electron chi connectivity index (χ0n) is 13.4. The summed E-state index contributed by atoms with van der Waals surface area (Å²) in [6.45, 7) is 1.12. The lowest BCUT2D eigenvalue weighted by Crippen LogP contribution is -2.23. The normalized spacial score (nSPS) is 10.4. The molecule has 1 heterocycles. The molecule has 0 saturated heterocycles. The minimum absolute atomic E-state index is 0.486. The van der Waals surface area contributed by atoms with Gasteiger partial charge in [0.2, 0.25) is 0 Å². The number of rotatable bonds is 7. The second kappa shape index (κ2) is 7.46. The van der Waals surface area contributed by atoms with E-state index in [2.05, 4.69) is 4.98 Å². The molecule has 0 fully saturated rings. The van der Waals surface area contributed by atoms with Crippen molar-refractivity contribution in [2.45, 2.75) is 0 Å². The maximum Gasteiger partial charge on any atom is 0.297 e. The molecule has 3 aromatic rings. The molecular weight excluding hydrogens is 304 g/mol. The summed E-state index contributed by atoms with van der Waals surface area (Å²) in [5, 5.41) is 0. The van der Waals surface area contributed by atoms with Crippen molar-refractivity contribution in [2.24, 2.45) is 0 Å². The van der Waals surface area contributed by atoms with Gasteiger partial charge in [-0.2, -0.15) is 0 Å². The third-order valence-corrected chi connectivity index (χ3v) is 3.59. The second-order valence-electron chi connectivity index (χ2n) is 5.33. The van der Waals surface area contributed by atoms with Crippen molar-refractivity contribution >= 4 is 12.3 Å². The largest absolute Gasteiger partial charge is 0.492 e. The van der Waals surface area contributed by atoms with E-state index in [0.29, 0.717) is 24.7 Å². The molecule has 0 spiro atoms. The molecule has 0 unspecified atom stereocenters. The lowest BCUT2D eigenvalue weighted by Gasteiger charge is -2.15. The Morgan fingerprint density at radius 2 is 1.88 bits per heavy atom. The maximum absolute atomic E-state index is 10.6. The van der Waals surface area contributed by atoms with Crippen LogP contribution in [-0.4, -0.2) is 31.5 Å². The summed E-state index contributed by atoms with van der Waals surface area (Å²) in [4.78, 5) is 16.8. The van der Waals surface area contributed by atoms with E-state index in [9.17, 15) is 4.79 Å². The molecule has 0 radical (unpaired) electrons. The fraction of sp³-hybridized carbons (Fsp3) is 0.158. The van der Waals surface area contributed by atoms with Crippen molar-refractivity contribution in [1.29, 1.82) is 0 Å². The first kappa shape index (κ1) is 15.8. The van der Waals surface area contributed by atoms with Gasteiger partial charge in [-0.25, -0.2) is 4.98 Å². The van der Waals surface area contributed by atoms with Gasteiger partial charge in [0.05, 0.1) is 12.7 Å². The predicted octanol–water partition coefficient (Wildman–Crippen LogP) is 3.67. The Labute approximate surface area is 140 Å². The quantitative estimate of drug-likeness (QED) is 0.621. The number of ether oxygens (including phenoxy) is 1. The van der Waals surface area contributed by atoms with Gasteiger partial charge in [0.15, 0.2) is 5.76 Å². The highest BCUT2D eigenvalue weighted by Crippen LogP contribution is 2.23. The van der Waals surface area contributed by atoms with Gasteiger partial charge in [0, 0.05) is 18.2 Å². The monoisotopic (exact) mass is 322 g/mol. The fourth-order valence-electron chi connectivity index (χ4n) is 2.22. The van der Waals surface area contributed by atoms with Crippen molar-refractivity contribution in [3.63, 3.8) is 0 Å². The average molecular weight is 322 g/mol. The van der Waals surface area contributed by atoms with E-state index in [1.165, 1.54) is 0 Å². The molecule has 0 aliphatic carbocycles. The molecule has 0 atom stereocenters. The maximum atomic E-state index is 10.6. The first-order chi connectivity index (χ1) is 11.8. The third-order valence-electron chi connectivity index (χ3n) is 3.59. The molecule has 0 bridgehead atoms. The number of hydrogen-bond donors (Lipinski definition) is 0. The van der Waals surface area contributed by atoms with E-state index >= 15 is 0 Å². The van der Waals surface area contributed by atoms with Gasteiger partial charge in [-0.1, -0.05) is 30.3 Å². The van der Waals surface area contributed by atoms with Crippen molar-refractivity contribution in [2.75, 3.05) is 25.1 Å². The molecule has 122 valence electrons. The average Bonchev–Trinajstić information content (AvgIpc) is 3.13. The van der Waals surface area contributed by atoms with E-state index in [-0.39, 0.29) is 0 Å². The zero-order chi connectivity index (χ0) is 16.8. The lowest BCUT2D eigenvalue weighted by atomic mass is 10.2. The summed E-state index contributed by atoms with van der Waals surface area (Å²) >= 11 is 0. The van der Waals surface area contributed by atoms with Crippen LogP contribution in [0.25, 0.3) is 11.3 Å². The van der Waals surface area contributed by atoms with Crippen LogP contribution in [0, 0.1) is 0 Å². The van der Waals surface area contributed by atoms with Crippen LogP contribution in [-0.2, 0) is 0 Å². The summed E-state index contributed by atoms with van der Waals surface area (Å²) in [5.74, 6) is 1.47. The highest BCUT2D eigenvalue weighted by atomic mass is 16.5. The third kappa shape index (κ3) is 3.81. The first-order valence-corrected chi connectivity index (χ1v) is 7.67. The molecule has 5 nitrogen and oxygen atoms in total. The summed E-state index contributed by atoms with van der Waals surface area (Å²) < 4.78 is 11.4. The molecule has 24 heavy (non-hydrogen) atoms. The van der Waals surface area contributed by atoms with Crippen LogP contribution in [0.1, 0.15) is 10.4 Å². The number of hydrogen-bond acceptors (Lipinski definition) is 5. The van der Waals surface area contributed by atoms with Crippen molar-refractivity contribution in [1.82, 2.24) is 4.98 Å². The van der Waals surface area contributed by atoms with Crippen LogP contribution in [0.5, 0.6) is 5.75 Å². The Kier molecular flexibility index (Phi) is 4.91. The van der Waals surface area contributed by atoms with Crippen LogP contribution in [0.15, 0.2) is 65.2 Å². The second-order valence-corrected chi connectivity index (χ2v) is 5.33. The summed E-state index contributed by atoms with van der Waals surface area (Å²) in [7, 11) is 1.90. The van der Waals surface area contributed by atoms with Gasteiger partial charge in [-0.15, -0.1) is 0 Å². The zero-order valence-corrected chi connectivity index (χ0v) is 13.4. The van der Waals surface area contributed by atoms with Crippen molar-refractivity contribution in [3.05, 3.63) is 66.4 Å². The number of oxazole rings is 1. The van der Waals surface area contributed by atoms with Gasteiger partial charge < -0.3 is 14.1 Å². The van der Waals surface area contributed by atoms with E-state index in [0.717, 1.165) is 23.4 Å². The van der Waals surface area contributed by atoms with Gasteiger partial charge in [-0.3, -0.25) is 4.79 Å². The van der Waals surface area contributed by atoms with Crippen LogP contribution < -0.4 is 9.64 Å². The van der Waals surface area contributed by atoms with Gasteiger partial charge in [0.25, 0.3) is 6.01 Å². The molecule has 5 heteroatoms. The minimum atomic E-state index is 0.486. The number of likely N-dealkylation sites (N-methyl/N-ethyl adjacent to an activating group) is 1. The summed E-state index contributed by atoms with van der Waals surface area (Å²) in [6.07, 6.45) is 2.53. The standard InChI is InChI=1S/C19H18N2O3/c1-21(11-12-23-17-9-7-15(14-22)8-10-17)19-20-13-18(24-19)16-5-3-2-4-6-16/h2-10,13-14H,11-12H2,1H3. The predicted molar refractivity (Wildman–Crippen MR) is 92.5 cm³/mol. The Balaban J connectivity index is 1.54. The molecule has 0 saturated carbocycles. The highest BCUT2D eigenvalue weighted by Gasteiger charge is 2.10. The number of aldehydes is 1. The Morgan fingerprint density at radius 1 is 1.12 bits per heavy atom. The molecule has 0 aliphatic heterocycles.